The molecule has 0 aliphatic carbocycles. The van der Waals surface area contributed by atoms with Gasteiger partial charge in [-0.15, -0.1) is 0 Å². The molecule has 0 aromatic carbocycles. The monoisotopic (exact) mass is 384 g/mol. The van der Waals surface area contributed by atoms with E-state index in [-0.39, 0.29) is 6.04 Å². The maximum Gasteiger partial charge on any atom is 0.212 e. The maximum atomic E-state index is 6.00. The van der Waals surface area contributed by atoms with Crippen molar-refractivity contribution in [1.82, 2.24) is 19.9 Å². The number of aromatic nitrogens is 4. The SMILES string of the molecule is COc1ccc(C(c2cccnc2)N(c2cccnc2)c2cccc(N)n2)cn1. The van der Waals surface area contributed by atoms with Crippen LogP contribution in [0.25, 0.3) is 0 Å². The van der Waals surface area contributed by atoms with E-state index in [1.807, 2.05) is 54.7 Å². The van der Waals surface area contributed by atoms with E-state index < -0.39 is 0 Å². The second kappa shape index (κ2) is 8.35. The first-order valence-electron chi connectivity index (χ1n) is 9.08. The molecule has 4 aromatic rings. The van der Waals surface area contributed by atoms with E-state index in [9.17, 15) is 0 Å². The van der Waals surface area contributed by atoms with Gasteiger partial charge in [0.2, 0.25) is 5.88 Å². The van der Waals surface area contributed by atoms with Crippen molar-refractivity contribution < 1.29 is 4.74 Å². The van der Waals surface area contributed by atoms with Gasteiger partial charge in [-0.25, -0.2) is 9.97 Å². The van der Waals surface area contributed by atoms with Crippen molar-refractivity contribution in [3.8, 4) is 5.88 Å². The minimum absolute atomic E-state index is 0.249. The normalized spacial score (nSPS) is 11.6. The molecule has 4 heterocycles. The second-order valence-electron chi connectivity index (χ2n) is 6.32. The van der Waals surface area contributed by atoms with Crippen LogP contribution in [0, 0.1) is 0 Å². The molecule has 1 unspecified atom stereocenters. The number of hydrogen-bond donors (Lipinski definition) is 1. The third-order valence-corrected chi connectivity index (χ3v) is 4.47. The number of pyridine rings is 4. The van der Waals surface area contributed by atoms with Gasteiger partial charge in [-0.2, -0.15) is 0 Å². The molecule has 29 heavy (non-hydrogen) atoms. The molecule has 0 aliphatic rings. The highest BCUT2D eigenvalue weighted by Gasteiger charge is 2.26. The maximum absolute atomic E-state index is 6.00. The van der Waals surface area contributed by atoms with Crippen molar-refractivity contribution in [3.05, 3.63) is 96.7 Å². The summed E-state index contributed by atoms with van der Waals surface area (Å²) in [6.45, 7) is 0. The molecule has 0 radical (unpaired) electrons. The Morgan fingerprint density at radius 3 is 2.28 bits per heavy atom. The predicted molar refractivity (Wildman–Crippen MR) is 112 cm³/mol. The first-order chi connectivity index (χ1) is 14.3. The molecule has 0 fully saturated rings. The Hall–Kier alpha value is -4.00. The Labute approximate surface area is 168 Å². The second-order valence-corrected chi connectivity index (χ2v) is 6.32. The van der Waals surface area contributed by atoms with E-state index in [2.05, 4.69) is 24.8 Å². The summed E-state index contributed by atoms with van der Waals surface area (Å²) in [5, 5.41) is 0. The number of hydrogen-bond acceptors (Lipinski definition) is 7. The lowest BCUT2D eigenvalue weighted by molar-refractivity contribution is 0.397. The van der Waals surface area contributed by atoms with Crippen LogP contribution in [0.1, 0.15) is 17.2 Å². The number of methoxy groups -OCH3 is 1. The Morgan fingerprint density at radius 2 is 1.66 bits per heavy atom. The average molecular weight is 384 g/mol. The number of anilines is 3. The van der Waals surface area contributed by atoms with Crippen molar-refractivity contribution in [2.75, 3.05) is 17.7 Å². The van der Waals surface area contributed by atoms with Gasteiger partial charge in [-0.3, -0.25) is 9.97 Å². The topological polar surface area (TPSA) is 90.0 Å². The summed E-state index contributed by atoms with van der Waals surface area (Å²) in [7, 11) is 1.60. The quantitative estimate of drug-likeness (QED) is 0.541. The smallest absolute Gasteiger partial charge is 0.212 e. The first kappa shape index (κ1) is 18.4. The van der Waals surface area contributed by atoms with Crippen LogP contribution in [0.3, 0.4) is 0 Å². The van der Waals surface area contributed by atoms with Crippen molar-refractivity contribution in [1.29, 1.82) is 0 Å². The highest BCUT2D eigenvalue weighted by Crippen LogP contribution is 2.38. The number of ether oxygens (including phenoxy) is 1. The standard InChI is InChI=1S/C22H20N6O/c1-29-21-10-9-17(14-26-21)22(16-5-3-11-24-13-16)28(18-6-4-12-25-15-18)20-8-2-7-19(23)27-20/h2-15,22H,1H3,(H2,23,27). The molecule has 144 valence electrons. The number of nitrogens with zero attached hydrogens (tertiary/aromatic N) is 5. The molecule has 1 atom stereocenters. The fourth-order valence-corrected chi connectivity index (χ4v) is 3.19. The molecular weight excluding hydrogens is 364 g/mol. The number of nitrogen functional groups attached to an aromatic ring is 1. The highest BCUT2D eigenvalue weighted by molar-refractivity contribution is 5.64. The molecule has 0 aliphatic heterocycles. The van der Waals surface area contributed by atoms with Crippen LogP contribution < -0.4 is 15.4 Å². The zero-order chi connectivity index (χ0) is 20.1. The lowest BCUT2D eigenvalue weighted by Gasteiger charge is -2.33. The minimum Gasteiger partial charge on any atom is -0.481 e. The summed E-state index contributed by atoms with van der Waals surface area (Å²) in [5.74, 6) is 1.69. The fraction of sp³-hybridized carbons (Fsp3) is 0.0909. The van der Waals surface area contributed by atoms with Gasteiger partial charge in [0, 0.05) is 30.9 Å². The Balaban J connectivity index is 1.92. The van der Waals surface area contributed by atoms with E-state index in [0.717, 1.165) is 16.8 Å². The van der Waals surface area contributed by atoms with Crippen LogP contribution in [-0.4, -0.2) is 27.0 Å². The van der Waals surface area contributed by atoms with E-state index in [1.165, 1.54) is 0 Å². The molecule has 7 nitrogen and oxygen atoms in total. The van der Waals surface area contributed by atoms with E-state index in [4.69, 9.17) is 10.5 Å². The van der Waals surface area contributed by atoms with Gasteiger partial charge in [0.15, 0.2) is 0 Å². The number of nitrogens with two attached hydrogens (primary N) is 1. The minimum atomic E-state index is -0.249. The predicted octanol–water partition coefficient (Wildman–Crippen LogP) is 3.79. The third-order valence-electron chi connectivity index (χ3n) is 4.47. The van der Waals surface area contributed by atoms with Crippen LogP contribution in [-0.2, 0) is 0 Å². The zero-order valence-electron chi connectivity index (χ0n) is 15.9. The number of rotatable bonds is 6. The summed E-state index contributed by atoms with van der Waals surface area (Å²) in [4.78, 5) is 19.7. The summed E-state index contributed by atoms with van der Waals surface area (Å²) in [6, 6.07) is 17.0. The largest absolute Gasteiger partial charge is 0.481 e. The van der Waals surface area contributed by atoms with Crippen LogP contribution in [0.15, 0.2) is 85.6 Å². The summed E-state index contributed by atoms with van der Waals surface area (Å²) in [5.41, 5.74) is 8.80. The fourth-order valence-electron chi connectivity index (χ4n) is 3.19. The molecular formula is C22H20N6O. The van der Waals surface area contributed by atoms with Gasteiger partial charge in [-0.1, -0.05) is 12.1 Å². The lowest BCUT2D eigenvalue weighted by Crippen LogP contribution is -2.26. The van der Waals surface area contributed by atoms with Crippen molar-refractivity contribution in [2.24, 2.45) is 0 Å². The molecule has 0 bridgehead atoms. The third kappa shape index (κ3) is 3.98. The molecule has 0 spiro atoms. The molecule has 4 rings (SSSR count). The molecule has 0 amide bonds. The van der Waals surface area contributed by atoms with Crippen LogP contribution in [0.2, 0.25) is 0 Å². The molecule has 0 saturated heterocycles. The Morgan fingerprint density at radius 1 is 0.862 bits per heavy atom. The van der Waals surface area contributed by atoms with Gasteiger partial charge < -0.3 is 15.4 Å². The summed E-state index contributed by atoms with van der Waals surface area (Å²) < 4.78 is 5.22. The molecule has 4 aromatic heterocycles. The molecule has 2 N–H and O–H groups in total. The molecule has 7 heteroatoms. The van der Waals surface area contributed by atoms with Gasteiger partial charge >= 0.3 is 0 Å². The van der Waals surface area contributed by atoms with Crippen molar-refractivity contribution in [3.63, 3.8) is 0 Å². The van der Waals surface area contributed by atoms with E-state index in [1.54, 1.807) is 38.0 Å². The van der Waals surface area contributed by atoms with Crippen LogP contribution in [0.4, 0.5) is 17.3 Å². The highest BCUT2D eigenvalue weighted by atomic mass is 16.5. The van der Waals surface area contributed by atoms with Gasteiger partial charge in [0.1, 0.15) is 11.6 Å². The van der Waals surface area contributed by atoms with E-state index in [0.29, 0.717) is 17.5 Å². The Kier molecular flexibility index (Phi) is 5.29. The Bertz CT molecular complexity index is 1060. The van der Waals surface area contributed by atoms with Gasteiger partial charge in [-0.05, 0) is 47.5 Å². The zero-order valence-corrected chi connectivity index (χ0v) is 15.9. The first-order valence-corrected chi connectivity index (χ1v) is 9.08. The van der Waals surface area contributed by atoms with Crippen LogP contribution in [0.5, 0.6) is 5.88 Å². The van der Waals surface area contributed by atoms with Crippen LogP contribution >= 0.6 is 0 Å². The van der Waals surface area contributed by atoms with Crippen molar-refractivity contribution >= 4 is 17.3 Å². The van der Waals surface area contributed by atoms with Gasteiger partial charge in [0.05, 0.1) is 25.0 Å². The lowest BCUT2D eigenvalue weighted by atomic mass is 9.99. The average Bonchev–Trinajstić information content (AvgIpc) is 2.79. The summed E-state index contributed by atoms with van der Waals surface area (Å²) >= 11 is 0. The van der Waals surface area contributed by atoms with Crippen molar-refractivity contribution in [2.45, 2.75) is 6.04 Å². The van der Waals surface area contributed by atoms with E-state index >= 15 is 0 Å². The molecule has 0 saturated carbocycles. The van der Waals surface area contributed by atoms with Gasteiger partial charge in [0.25, 0.3) is 0 Å². The summed E-state index contributed by atoms with van der Waals surface area (Å²) in [6.07, 6.45) is 8.92.